The molecule has 1 N–H and O–H groups in total. The summed E-state index contributed by atoms with van der Waals surface area (Å²) in [5, 5.41) is 9.68. The largest absolute Gasteiger partial charge is 0.506 e. The van der Waals surface area contributed by atoms with E-state index in [1.54, 1.807) is 0 Å². The molecule has 164 valence electrons. The predicted molar refractivity (Wildman–Crippen MR) is 120 cm³/mol. The van der Waals surface area contributed by atoms with Crippen LogP contribution in [0.5, 0.6) is 0 Å². The minimum Gasteiger partial charge on any atom is -0.466 e. The van der Waals surface area contributed by atoms with Gasteiger partial charge in [-0.1, -0.05) is 43.1 Å². The fourth-order valence-electron chi connectivity index (χ4n) is 3.37. The maximum atomic E-state index is 11.0. The quantitative estimate of drug-likeness (QED) is 0.381. The summed E-state index contributed by atoms with van der Waals surface area (Å²) >= 11 is 6.40. The van der Waals surface area contributed by atoms with Crippen molar-refractivity contribution in [3.8, 4) is 0 Å². The molecule has 3 rings (SSSR count). The molecule has 0 fully saturated rings. The lowest BCUT2D eigenvalue weighted by atomic mass is 10.1. The van der Waals surface area contributed by atoms with Gasteiger partial charge in [-0.15, -0.1) is 0 Å². The van der Waals surface area contributed by atoms with Crippen molar-refractivity contribution in [2.75, 3.05) is 6.61 Å². The molecule has 3 aromatic rings. The molecule has 0 radical (unpaired) electrons. The van der Waals surface area contributed by atoms with Crippen molar-refractivity contribution in [3.63, 3.8) is 0 Å². The normalized spacial score (nSPS) is 11.6. The van der Waals surface area contributed by atoms with Crippen LogP contribution in [0.4, 0.5) is 4.79 Å². The highest BCUT2D eigenvalue weighted by atomic mass is 35.5. The number of carboxylic acid groups (broad SMARTS) is 1. The number of carbonyl (C=O) groups is 1. The van der Waals surface area contributed by atoms with Gasteiger partial charge in [0.05, 0.1) is 18.4 Å². The van der Waals surface area contributed by atoms with E-state index in [1.165, 1.54) is 0 Å². The van der Waals surface area contributed by atoms with Gasteiger partial charge in [-0.05, 0) is 48.8 Å². The van der Waals surface area contributed by atoms with E-state index in [4.69, 9.17) is 25.9 Å². The third kappa shape index (κ3) is 6.49. The summed E-state index contributed by atoms with van der Waals surface area (Å²) < 4.78 is 12.7. The lowest BCUT2D eigenvalue weighted by Crippen LogP contribution is -2.10. The average Bonchev–Trinajstić information content (AvgIpc) is 3.32. The topological polar surface area (TPSA) is 77.5 Å². The Labute approximate surface area is 187 Å². The van der Waals surface area contributed by atoms with Gasteiger partial charge in [0.1, 0.15) is 24.0 Å². The number of unbranched alkanes of at least 4 members (excludes halogenated alkanes) is 1. The molecule has 0 saturated heterocycles. The van der Waals surface area contributed by atoms with Crippen molar-refractivity contribution >= 4 is 23.8 Å². The smallest absolute Gasteiger partial charge is 0.466 e. The molecule has 0 aliphatic carbocycles. The molecule has 0 saturated carbocycles. The highest BCUT2D eigenvalue weighted by Gasteiger charge is 2.13. The standard InChI is InChI=1S/C24H27ClN2O4/c1-3-4-9-23-26-14-20(27(23)15-19-7-5-6-8-22(19)25)12-18(16-30-24(28)29)13-21-11-10-17(2)31-21/h5-8,10-12,14H,3-4,9,13,15-16H2,1-2H3,(H,28,29). The first-order valence-electron chi connectivity index (χ1n) is 10.3. The van der Waals surface area contributed by atoms with Gasteiger partial charge in [0.15, 0.2) is 0 Å². The van der Waals surface area contributed by atoms with Gasteiger partial charge in [-0.25, -0.2) is 9.78 Å². The number of imidazole rings is 1. The first kappa shape index (κ1) is 22.7. The molecule has 1 aromatic carbocycles. The van der Waals surface area contributed by atoms with Gasteiger partial charge in [-0.2, -0.15) is 0 Å². The fraction of sp³-hybridized carbons (Fsp3) is 0.333. The van der Waals surface area contributed by atoms with E-state index >= 15 is 0 Å². The van der Waals surface area contributed by atoms with Crippen LogP contribution in [0.2, 0.25) is 5.02 Å². The van der Waals surface area contributed by atoms with Crippen LogP contribution in [0.15, 0.2) is 52.6 Å². The Morgan fingerprint density at radius 2 is 2.10 bits per heavy atom. The van der Waals surface area contributed by atoms with Gasteiger partial charge in [0, 0.05) is 17.9 Å². The number of furan rings is 1. The monoisotopic (exact) mass is 442 g/mol. The minimum absolute atomic E-state index is 0.0450. The molecule has 0 bridgehead atoms. The SMILES string of the molecule is CCCCc1ncc(C=C(COC(=O)O)Cc2ccc(C)o2)n1Cc1ccccc1Cl. The lowest BCUT2D eigenvalue weighted by Gasteiger charge is -2.13. The number of halogens is 1. The zero-order chi connectivity index (χ0) is 22.2. The molecule has 31 heavy (non-hydrogen) atoms. The Balaban J connectivity index is 1.96. The van der Waals surface area contributed by atoms with E-state index in [-0.39, 0.29) is 6.61 Å². The van der Waals surface area contributed by atoms with Gasteiger partial charge in [0.25, 0.3) is 0 Å². The highest BCUT2D eigenvalue weighted by molar-refractivity contribution is 6.31. The van der Waals surface area contributed by atoms with Gasteiger partial charge in [0.2, 0.25) is 0 Å². The Morgan fingerprint density at radius 1 is 1.29 bits per heavy atom. The van der Waals surface area contributed by atoms with Crippen molar-refractivity contribution in [3.05, 3.63) is 81.8 Å². The Morgan fingerprint density at radius 3 is 2.77 bits per heavy atom. The van der Waals surface area contributed by atoms with E-state index in [2.05, 4.69) is 16.5 Å². The number of aryl methyl sites for hydroxylation is 2. The van der Waals surface area contributed by atoms with Gasteiger partial charge >= 0.3 is 6.16 Å². The number of benzene rings is 1. The summed E-state index contributed by atoms with van der Waals surface area (Å²) in [6.45, 7) is 4.56. The number of hydrogen-bond acceptors (Lipinski definition) is 4. The van der Waals surface area contributed by atoms with Crippen molar-refractivity contribution in [2.24, 2.45) is 0 Å². The third-order valence-electron chi connectivity index (χ3n) is 4.94. The molecule has 0 aliphatic heterocycles. The van der Waals surface area contributed by atoms with Crippen LogP contribution in [0.25, 0.3) is 6.08 Å². The number of aromatic nitrogens is 2. The molecule has 0 spiro atoms. The van der Waals surface area contributed by atoms with Crippen LogP contribution in [-0.4, -0.2) is 27.4 Å². The van der Waals surface area contributed by atoms with Crippen LogP contribution in [0, 0.1) is 6.92 Å². The zero-order valence-corrected chi connectivity index (χ0v) is 18.6. The molecule has 0 atom stereocenters. The molecular weight excluding hydrogens is 416 g/mol. The molecule has 0 aliphatic rings. The summed E-state index contributed by atoms with van der Waals surface area (Å²) in [5.74, 6) is 2.53. The summed E-state index contributed by atoms with van der Waals surface area (Å²) in [6, 6.07) is 11.5. The maximum absolute atomic E-state index is 11.0. The second-order valence-corrected chi connectivity index (χ2v) is 7.83. The molecule has 2 heterocycles. The maximum Gasteiger partial charge on any atom is 0.506 e. The number of nitrogens with zero attached hydrogens (tertiary/aromatic N) is 2. The minimum atomic E-state index is -1.31. The number of rotatable bonds is 10. The fourth-order valence-corrected chi connectivity index (χ4v) is 3.56. The summed E-state index contributed by atoms with van der Waals surface area (Å²) in [4.78, 5) is 15.6. The van der Waals surface area contributed by atoms with Crippen molar-refractivity contribution in [2.45, 2.75) is 46.1 Å². The summed E-state index contributed by atoms with van der Waals surface area (Å²) in [7, 11) is 0. The van der Waals surface area contributed by atoms with Crippen LogP contribution in [0.3, 0.4) is 0 Å². The summed E-state index contributed by atoms with van der Waals surface area (Å²) in [5.41, 5.74) is 2.65. The number of ether oxygens (including phenoxy) is 1. The van der Waals surface area contributed by atoms with Crippen LogP contribution < -0.4 is 0 Å². The van der Waals surface area contributed by atoms with Crippen molar-refractivity contribution in [1.29, 1.82) is 0 Å². The van der Waals surface area contributed by atoms with Crippen molar-refractivity contribution < 1.29 is 19.1 Å². The molecule has 7 heteroatoms. The van der Waals surface area contributed by atoms with E-state index in [1.807, 2.05) is 55.6 Å². The predicted octanol–water partition coefficient (Wildman–Crippen LogP) is 6.15. The summed E-state index contributed by atoms with van der Waals surface area (Å²) in [6.07, 6.45) is 5.84. The van der Waals surface area contributed by atoms with E-state index < -0.39 is 6.16 Å². The van der Waals surface area contributed by atoms with Crippen molar-refractivity contribution in [1.82, 2.24) is 9.55 Å². The molecule has 0 amide bonds. The molecule has 0 unspecified atom stereocenters. The highest BCUT2D eigenvalue weighted by Crippen LogP contribution is 2.22. The van der Waals surface area contributed by atoms with Crippen LogP contribution in [-0.2, 0) is 24.1 Å². The molecule has 6 nitrogen and oxygen atoms in total. The van der Waals surface area contributed by atoms with Crippen LogP contribution in [0.1, 0.15) is 48.4 Å². The zero-order valence-electron chi connectivity index (χ0n) is 17.8. The van der Waals surface area contributed by atoms with Gasteiger partial charge < -0.3 is 18.8 Å². The number of hydrogen-bond donors (Lipinski definition) is 1. The second kappa shape index (κ2) is 10.9. The van der Waals surface area contributed by atoms with E-state index in [9.17, 15) is 4.79 Å². The van der Waals surface area contributed by atoms with E-state index in [0.717, 1.165) is 53.4 Å². The Kier molecular flexibility index (Phi) is 7.95. The molecular formula is C24H27ClN2O4. The third-order valence-corrected chi connectivity index (χ3v) is 5.31. The van der Waals surface area contributed by atoms with Gasteiger partial charge in [-0.3, -0.25) is 0 Å². The first-order valence-corrected chi connectivity index (χ1v) is 10.7. The Bertz CT molecular complexity index is 1050. The molecule has 2 aromatic heterocycles. The van der Waals surface area contributed by atoms with E-state index in [0.29, 0.717) is 18.0 Å². The second-order valence-electron chi connectivity index (χ2n) is 7.43. The Hall–Kier alpha value is -2.99. The average molecular weight is 443 g/mol. The van der Waals surface area contributed by atoms with Crippen LogP contribution >= 0.6 is 11.6 Å². The lowest BCUT2D eigenvalue weighted by molar-refractivity contribution is 0.0992. The first-order chi connectivity index (χ1) is 15.0.